The van der Waals surface area contributed by atoms with Crippen molar-refractivity contribution in [3.05, 3.63) is 57.6 Å². The van der Waals surface area contributed by atoms with Crippen LogP contribution in [0.3, 0.4) is 0 Å². The number of rotatable bonds is 4. The maximum Gasteiger partial charge on any atom is 0.198 e. The van der Waals surface area contributed by atoms with E-state index in [1.165, 1.54) is 19.2 Å². The number of hydrogen-bond donors (Lipinski definition) is 5. The highest BCUT2D eigenvalue weighted by Crippen LogP contribution is 2.52. The van der Waals surface area contributed by atoms with E-state index >= 15 is 0 Å². The van der Waals surface area contributed by atoms with Crippen molar-refractivity contribution in [1.29, 1.82) is 0 Å². The lowest BCUT2D eigenvalue weighted by Gasteiger charge is -2.44. The van der Waals surface area contributed by atoms with E-state index in [2.05, 4.69) is 0 Å². The molecule has 2 aromatic rings. The molecule has 0 radical (unpaired) electrons. The number of aliphatic hydroxyl groups excluding tert-OH is 2. The Morgan fingerprint density at radius 1 is 1.16 bits per heavy atom. The number of phenolic OH excluding ortho intramolecular Hbond substituents is 1. The first-order valence-electron chi connectivity index (χ1n) is 12.3. The van der Waals surface area contributed by atoms with Crippen LogP contribution in [0.15, 0.2) is 24.3 Å². The number of ketones is 2. The summed E-state index contributed by atoms with van der Waals surface area (Å²) in [5.41, 5.74) is 4.43. The van der Waals surface area contributed by atoms with Gasteiger partial charge in [-0.3, -0.25) is 9.59 Å². The van der Waals surface area contributed by atoms with E-state index in [-0.39, 0.29) is 58.4 Å². The number of hydrogen-bond acceptors (Lipinski definition) is 10. The average Bonchev–Trinajstić information content (AvgIpc) is 2.87. The first kappa shape index (κ1) is 25.8. The Morgan fingerprint density at radius 2 is 1.86 bits per heavy atom. The third kappa shape index (κ3) is 3.87. The van der Waals surface area contributed by atoms with Gasteiger partial charge in [0.15, 0.2) is 17.9 Å². The molecule has 7 atom stereocenters. The second-order valence-electron chi connectivity index (χ2n) is 10.0. The van der Waals surface area contributed by atoms with Gasteiger partial charge in [-0.25, -0.2) is 0 Å². The van der Waals surface area contributed by atoms with Crippen LogP contribution in [-0.4, -0.2) is 69.2 Å². The van der Waals surface area contributed by atoms with Gasteiger partial charge in [0.05, 0.1) is 42.1 Å². The number of carbonyl (C=O) groups is 2. The number of methoxy groups -OCH3 is 1. The molecule has 1 unspecified atom stereocenters. The molecule has 6 N–H and O–H groups in total. The number of phenols is 1. The van der Waals surface area contributed by atoms with Crippen molar-refractivity contribution in [2.45, 2.75) is 75.5 Å². The minimum absolute atomic E-state index is 0.0500. The summed E-state index contributed by atoms with van der Waals surface area (Å²) in [6.45, 7) is 3.35. The Bertz CT molecular complexity index is 1270. The molecule has 0 spiro atoms. The van der Waals surface area contributed by atoms with Gasteiger partial charge >= 0.3 is 0 Å². The van der Waals surface area contributed by atoms with Gasteiger partial charge in [0, 0.05) is 35.6 Å². The first-order valence-corrected chi connectivity index (χ1v) is 12.3. The summed E-state index contributed by atoms with van der Waals surface area (Å²) in [6.07, 6.45) is -4.55. The van der Waals surface area contributed by atoms with E-state index < -0.39 is 59.7 Å². The third-order valence-electron chi connectivity index (χ3n) is 7.91. The maximum atomic E-state index is 13.6. The number of ether oxygens (including phenoxy) is 3. The molecule has 0 saturated carbocycles. The van der Waals surface area contributed by atoms with Crippen molar-refractivity contribution >= 4 is 11.6 Å². The number of fused-ring (bicyclic) bond motifs is 3. The standard InChI is InChI=1S/C27H31NO9/c1-4-27(34)10-17(37-18-9-15(28)22(29)11(2)36-18)13-8-14-20(25(32)21(13)26(27)33)23(30)12-6-5-7-16(35-3)19(12)24(14)31/h5-8,11,15,17-18,22,26,29,32-34H,4,9-10,28H2,1-3H3/t11-,15-,17-,18-,22+,26?,27+/m0/s1. The Balaban J connectivity index is 1.65. The largest absolute Gasteiger partial charge is 0.507 e. The molecule has 1 saturated heterocycles. The van der Waals surface area contributed by atoms with Crippen LogP contribution in [0.25, 0.3) is 0 Å². The van der Waals surface area contributed by atoms with Crippen LogP contribution in [0.1, 0.15) is 88.3 Å². The quantitative estimate of drug-likeness (QED) is 0.346. The predicted octanol–water partition coefficient (Wildman–Crippen LogP) is 1.64. The zero-order valence-corrected chi connectivity index (χ0v) is 20.8. The lowest BCUT2D eigenvalue weighted by Crippen LogP contribution is -2.52. The van der Waals surface area contributed by atoms with Crippen LogP contribution in [0.2, 0.25) is 0 Å². The minimum atomic E-state index is -1.69. The highest BCUT2D eigenvalue weighted by molar-refractivity contribution is 6.30. The number of nitrogens with two attached hydrogens (primary N) is 1. The molecule has 5 rings (SSSR count). The van der Waals surface area contributed by atoms with Gasteiger partial charge in [-0.2, -0.15) is 0 Å². The van der Waals surface area contributed by atoms with E-state index in [0.717, 1.165) is 0 Å². The molecular formula is C27H31NO9. The van der Waals surface area contributed by atoms with Crippen LogP contribution >= 0.6 is 0 Å². The average molecular weight is 514 g/mol. The highest BCUT2D eigenvalue weighted by atomic mass is 16.7. The van der Waals surface area contributed by atoms with Gasteiger partial charge in [0.1, 0.15) is 17.6 Å². The monoisotopic (exact) mass is 513 g/mol. The van der Waals surface area contributed by atoms with Crippen molar-refractivity contribution in [1.82, 2.24) is 0 Å². The molecule has 2 aromatic carbocycles. The molecule has 10 heteroatoms. The Kier molecular flexibility index (Phi) is 6.38. The van der Waals surface area contributed by atoms with E-state index in [1.807, 2.05) is 0 Å². The molecule has 0 bridgehead atoms. The van der Waals surface area contributed by atoms with Crippen molar-refractivity contribution in [2.24, 2.45) is 5.73 Å². The predicted molar refractivity (Wildman–Crippen MR) is 130 cm³/mol. The summed E-state index contributed by atoms with van der Waals surface area (Å²) in [5, 5.41) is 44.0. The molecule has 198 valence electrons. The SMILES string of the molecule is CC[C@@]1(O)C[C@H](O[C@H]2C[C@H](N)[C@H](O)[C@H](C)O2)c2cc3c(c(O)c2C1O)C(=O)c1cccc(OC)c1C3=O. The second kappa shape index (κ2) is 9.16. The number of benzene rings is 2. The lowest BCUT2D eigenvalue weighted by molar-refractivity contribution is -0.252. The Labute approximate surface area is 213 Å². The zero-order valence-electron chi connectivity index (χ0n) is 20.8. The fraction of sp³-hybridized carbons (Fsp3) is 0.481. The number of carbonyl (C=O) groups excluding carboxylic acids is 2. The smallest absolute Gasteiger partial charge is 0.198 e. The van der Waals surface area contributed by atoms with Crippen LogP contribution in [0.5, 0.6) is 11.5 Å². The van der Waals surface area contributed by atoms with Gasteiger partial charge in [-0.15, -0.1) is 0 Å². The highest BCUT2D eigenvalue weighted by Gasteiger charge is 2.49. The molecule has 1 aliphatic heterocycles. The molecule has 0 aromatic heterocycles. The Morgan fingerprint density at radius 3 is 2.51 bits per heavy atom. The van der Waals surface area contributed by atoms with Gasteiger partial charge in [0.2, 0.25) is 0 Å². The summed E-state index contributed by atoms with van der Waals surface area (Å²) < 4.78 is 17.3. The molecule has 1 fully saturated rings. The van der Waals surface area contributed by atoms with Crippen molar-refractivity contribution in [3.8, 4) is 11.5 Å². The molecular weight excluding hydrogens is 482 g/mol. The molecule has 3 aliphatic rings. The fourth-order valence-corrected chi connectivity index (χ4v) is 5.69. The fourth-order valence-electron chi connectivity index (χ4n) is 5.69. The van der Waals surface area contributed by atoms with Crippen molar-refractivity contribution in [2.75, 3.05) is 7.11 Å². The normalized spacial score (nSPS) is 32.9. The third-order valence-corrected chi connectivity index (χ3v) is 7.91. The van der Waals surface area contributed by atoms with Crippen molar-refractivity contribution in [3.63, 3.8) is 0 Å². The summed E-state index contributed by atoms with van der Waals surface area (Å²) in [6, 6.07) is 5.45. The van der Waals surface area contributed by atoms with E-state index in [0.29, 0.717) is 0 Å². The van der Waals surface area contributed by atoms with Crippen LogP contribution < -0.4 is 10.5 Å². The Hall–Kier alpha value is -2.86. The van der Waals surface area contributed by atoms with E-state index in [4.69, 9.17) is 19.9 Å². The number of aromatic hydroxyl groups is 1. The summed E-state index contributed by atoms with van der Waals surface area (Å²) in [4.78, 5) is 27.1. The van der Waals surface area contributed by atoms with E-state index in [9.17, 15) is 30.0 Å². The van der Waals surface area contributed by atoms with Crippen molar-refractivity contribution < 1.29 is 44.2 Å². The number of aliphatic hydroxyl groups is 3. The summed E-state index contributed by atoms with van der Waals surface area (Å²) in [5.74, 6) is -1.46. The van der Waals surface area contributed by atoms with Gasteiger partial charge in [-0.1, -0.05) is 19.1 Å². The minimum Gasteiger partial charge on any atom is -0.507 e. The van der Waals surface area contributed by atoms with E-state index in [1.54, 1.807) is 26.0 Å². The van der Waals surface area contributed by atoms with Crippen LogP contribution in [0.4, 0.5) is 0 Å². The summed E-state index contributed by atoms with van der Waals surface area (Å²) in [7, 11) is 1.39. The zero-order chi connectivity index (χ0) is 26.8. The maximum absolute atomic E-state index is 13.6. The van der Waals surface area contributed by atoms with Gasteiger partial charge in [-0.05, 0) is 31.0 Å². The van der Waals surface area contributed by atoms with Crippen LogP contribution in [-0.2, 0) is 9.47 Å². The first-order chi connectivity index (χ1) is 17.5. The summed E-state index contributed by atoms with van der Waals surface area (Å²) >= 11 is 0. The molecule has 10 nitrogen and oxygen atoms in total. The van der Waals surface area contributed by atoms with Gasteiger partial charge in [0.25, 0.3) is 0 Å². The molecule has 2 aliphatic carbocycles. The second-order valence-corrected chi connectivity index (χ2v) is 10.0. The molecule has 37 heavy (non-hydrogen) atoms. The molecule has 1 heterocycles. The topological polar surface area (TPSA) is 169 Å². The molecule has 0 amide bonds. The van der Waals surface area contributed by atoms with Gasteiger partial charge < -0.3 is 40.4 Å². The lowest BCUT2D eigenvalue weighted by atomic mass is 9.71. The van der Waals surface area contributed by atoms with Crippen LogP contribution in [0, 0.1) is 0 Å².